The average molecular weight is 210 g/mol. The van der Waals surface area contributed by atoms with Crippen molar-refractivity contribution >= 4 is 6.03 Å². The van der Waals surface area contributed by atoms with Crippen molar-refractivity contribution in [2.45, 2.75) is 19.9 Å². The third-order valence-corrected chi connectivity index (χ3v) is 1.93. The van der Waals surface area contributed by atoms with E-state index in [1.54, 1.807) is 18.2 Å². The van der Waals surface area contributed by atoms with Crippen LogP contribution in [0.3, 0.4) is 0 Å². The molecule has 0 saturated heterocycles. The van der Waals surface area contributed by atoms with Crippen molar-refractivity contribution in [3.63, 3.8) is 0 Å². The van der Waals surface area contributed by atoms with Gasteiger partial charge in [0.25, 0.3) is 0 Å². The van der Waals surface area contributed by atoms with Crippen LogP contribution in [0.15, 0.2) is 24.3 Å². The predicted octanol–water partition coefficient (Wildman–Crippen LogP) is 2.03. The van der Waals surface area contributed by atoms with E-state index in [9.17, 15) is 9.18 Å². The number of nitrogens with one attached hydrogen (secondary N) is 2. The van der Waals surface area contributed by atoms with Gasteiger partial charge in [0.15, 0.2) is 0 Å². The summed E-state index contributed by atoms with van der Waals surface area (Å²) < 4.78 is 13.1. The molecule has 0 aliphatic rings. The molecular weight excluding hydrogens is 195 g/mol. The molecule has 0 aliphatic heterocycles. The highest BCUT2D eigenvalue weighted by Gasteiger charge is 2.02. The fourth-order valence-electron chi connectivity index (χ4n) is 1.12. The molecular formula is C11H15FN2O. The second-order valence-electron chi connectivity index (χ2n) is 3.20. The Balaban J connectivity index is 2.37. The van der Waals surface area contributed by atoms with Gasteiger partial charge in [0.1, 0.15) is 5.82 Å². The second-order valence-corrected chi connectivity index (χ2v) is 3.20. The van der Waals surface area contributed by atoms with Crippen molar-refractivity contribution in [2.24, 2.45) is 0 Å². The molecule has 0 unspecified atom stereocenters. The summed E-state index contributed by atoms with van der Waals surface area (Å²) in [6.45, 7) is 2.81. The molecule has 0 aromatic heterocycles. The maximum Gasteiger partial charge on any atom is 0.315 e. The third kappa shape index (κ3) is 3.97. The molecule has 0 heterocycles. The van der Waals surface area contributed by atoms with E-state index in [0.29, 0.717) is 12.1 Å². The number of carbonyl (C=O) groups excluding carboxylic acids is 1. The number of rotatable bonds is 4. The van der Waals surface area contributed by atoms with Gasteiger partial charge >= 0.3 is 6.03 Å². The van der Waals surface area contributed by atoms with E-state index in [-0.39, 0.29) is 18.4 Å². The lowest BCUT2D eigenvalue weighted by Crippen LogP contribution is -2.35. The number of halogens is 1. The summed E-state index contributed by atoms with van der Waals surface area (Å²) >= 11 is 0. The van der Waals surface area contributed by atoms with E-state index in [4.69, 9.17) is 0 Å². The first kappa shape index (κ1) is 11.5. The minimum absolute atomic E-state index is 0.211. The van der Waals surface area contributed by atoms with Gasteiger partial charge in [0.2, 0.25) is 0 Å². The summed E-state index contributed by atoms with van der Waals surface area (Å²) in [7, 11) is 0. The Labute approximate surface area is 88.7 Å². The molecule has 0 spiro atoms. The van der Waals surface area contributed by atoms with E-state index in [1.165, 1.54) is 6.07 Å². The fraction of sp³-hybridized carbons (Fsp3) is 0.364. The lowest BCUT2D eigenvalue weighted by molar-refractivity contribution is 0.240. The maximum atomic E-state index is 13.1. The van der Waals surface area contributed by atoms with Crippen LogP contribution in [0.5, 0.6) is 0 Å². The van der Waals surface area contributed by atoms with E-state index in [0.717, 1.165) is 6.42 Å². The summed E-state index contributed by atoms with van der Waals surface area (Å²) in [4.78, 5) is 11.1. The summed E-state index contributed by atoms with van der Waals surface area (Å²) in [5, 5.41) is 5.23. The highest BCUT2D eigenvalue weighted by molar-refractivity contribution is 5.73. The van der Waals surface area contributed by atoms with Gasteiger partial charge in [-0.3, -0.25) is 0 Å². The molecule has 0 bridgehead atoms. The van der Waals surface area contributed by atoms with Gasteiger partial charge in [0.05, 0.1) is 0 Å². The van der Waals surface area contributed by atoms with Crippen molar-refractivity contribution in [2.75, 3.05) is 6.54 Å². The first-order chi connectivity index (χ1) is 7.24. The van der Waals surface area contributed by atoms with Crippen molar-refractivity contribution in [1.29, 1.82) is 0 Å². The zero-order valence-corrected chi connectivity index (χ0v) is 8.72. The molecule has 0 radical (unpaired) electrons. The Hall–Kier alpha value is -1.58. The molecule has 1 aromatic carbocycles. The molecule has 0 atom stereocenters. The third-order valence-electron chi connectivity index (χ3n) is 1.93. The second kappa shape index (κ2) is 6.01. The first-order valence-electron chi connectivity index (χ1n) is 4.99. The number of amides is 2. The lowest BCUT2D eigenvalue weighted by atomic mass is 10.2. The van der Waals surface area contributed by atoms with Crippen LogP contribution in [-0.2, 0) is 6.54 Å². The van der Waals surface area contributed by atoms with Crippen LogP contribution < -0.4 is 10.6 Å². The molecule has 15 heavy (non-hydrogen) atoms. The Kier molecular flexibility index (Phi) is 4.60. The summed E-state index contributed by atoms with van der Waals surface area (Å²) in [6, 6.07) is 6.12. The topological polar surface area (TPSA) is 41.1 Å². The minimum atomic E-state index is -0.298. The standard InChI is InChI=1S/C11H15FN2O/c1-2-7-13-11(15)14-8-9-5-3-4-6-10(9)12/h3-6H,2,7-8H2,1H3,(H2,13,14,15). The van der Waals surface area contributed by atoms with E-state index < -0.39 is 0 Å². The van der Waals surface area contributed by atoms with Crippen molar-refractivity contribution in [1.82, 2.24) is 10.6 Å². The minimum Gasteiger partial charge on any atom is -0.338 e. The van der Waals surface area contributed by atoms with Crippen LogP contribution in [-0.4, -0.2) is 12.6 Å². The molecule has 1 rings (SSSR count). The number of carbonyl (C=O) groups is 1. The first-order valence-corrected chi connectivity index (χ1v) is 4.99. The van der Waals surface area contributed by atoms with Gasteiger partial charge in [-0.1, -0.05) is 25.1 Å². The summed E-state index contributed by atoms with van der Waals surface area (Å²) in [5.74, 6) is -0.298. The maximum absolute atomic E-state index is 13.1. The predicted molar refractivity (Wildman–Crippen MR) is 56.9 cm³/mol. The zero-order valence-electron chi connectivity index (χ0n) is 8.72. The number of benzene rings is 1. The molecule has 0 aliphatic carbocycles. The molecule has 3 nitrogen and oxygen atoms in total. The van der Waals surface area contributed by atoms with Crippen LogP contribution in [0.4, 0.5) is 9.18 Å². The fourth-order valence-corrected chi connectivity index (χ4v) is 1.12. The quantitative estimate of drug-likeness (QED) is 0.784. The van der Waals surface area contributed by atoms with Crippen molar-refractivity contribution < 1.29 is 9.18 Å². The van der Waals surface area contributed by atoms with Gasteiger partial charge in [-0.25, -0.2) is 9.18 Å². The Bertz CT molecular complexity index is 328. The number of hydrogen-bond acceptors (Lipinski definition) is 1. The molecule has 1 aromatic rings. The summed E-state index contributed by atoms with van der Waals surface area (Å²) in [6.07, 6.45) is 0.882. The largest absolute Gasteiger partial charge is 0.338 e. The lowest BCUT2D eigenvalue weighted by Gasteiger charge is -2.07. The van der Waals surface area contributed by atoms with E-state index >= 15 is 0 Å². The van der Waals surface area contributed by atoms with Crippen LogP contribution in [0.25, 0.3) is 0 Å². The normalized spacial score (nSPS) is 9.73. The van der Waals surface area contributed by atoms with E-state index in [1.807, 2.05) is 6.92 Å². The SMILES string of the molecule is CCCNC(=O)NCc1ccccc1F. The number of hydrogen-bond donors (Lipinski definition) is 2. The Morgan fingerprint density at radius 3 is 2.73 bits per heavy atom. The number of urea groups is 1. The highest BCUT2D eigenvalue weighted by atomic mass is 19.1. The molecule has 2 amide bonds. The molecule has 0 saturated carbocycles. The Morgan fingerprint density at radius 2 is 2.07 bits per heavy atom. The monoisotopic (exact) mass is 210 g/mol. The van der Waals surface area contributed by atoms with Crippen LogP contribution in [0, 0.1) is 5.82 Å². The molecule has 82 valence electrons. The molecule has 0 fully saturated rings. The molecule has 2 N–H and O–H groups in total. The van der Waals surface area contributed by atoms with Gasteiger partial charge < -0.3 is 10.6 Å². The van der Waals surface area contributed by atoms with Crippen LogP contribution in [0.1, 0.15) is 18.9 Å². The van der Waals surface area contributed by atoms with Gasteiger partial charge in [-0.2, -0.15) is 0 Å². The van der Waals surface area contributed by atoms with Crippen molar-refractivity contribution in [3.05, 3.63) is 35.6 Å². The highest BCUT2D eigenvalue weighted by Crippen LogP contribution is 2.04. The Morgan fingerprint density at radius 1 is 1.33 bits per heavy atom. The van der Waals surface area contributed by atoms with Gasteiger partial charge in [-0.05, 0) is 12.5 Å². The van der Waals surface area contributed by atoms with Crippen LogP contribution in [0.2, 0.25) is 0 Å². The average Bonchev–Trinajstić information content (AvgIpc) is 2.25. The van der Waals surface area contributed by atoms with Gasteiger partial charge in [0, 0.05) is 18.7 Å². The zero-order chi connectivity index (χ0) is 11.1. The molecule has 4 heteroatoms. The van der Waals surface area contributed by atoms with Crippen molar-refractivity contribution in [3.8, 4) is 0 Å². The van der Waals surface area contributed by atoms with Gasteiger partial charge in [-0.15, -0.1) is 0 Å². The van der Waals surface area contributed by atoms with E-state index in [2.05, 4.69) is 10.6 Å². The van der Waals surface area contributed by atoms with Crippen LogP contribution >= 0.6 is 0 Å². The summed E-state index contributed by atoms with van der Waals surface area (Å²) in [5.41, 5.74) is 0.490. The smallest absolute Gasteiger partial charge is 0.315 e.